The molecule has 0 fully saturated rings. The average Bonchev–Trinajstić information content (AvgIpc) is 2.42. The van der Waals surface area contributed by atoms with Crippen LogP contribution in [0.3, 0.4) is 0 Å². The van der Waals surface area contributed by atoms with Gasteiger partial charge in [0, 0.05) is 5.75 Å². The molecule has 0 aliphatic heterocycles. The van der Waals surface area contributed by atoms with Gasteiger partial charge in [-0.25, -0.2) is 8.42 Å². The van der Waals surface area contributed by atoms with E-state index in [4.69, 9.17) is 4.74 Å². The summed E-state index contributed by atoms with van der Waals surface area (Å²) in [6, 6.07) is 7.71. The summed E-state index contributed by atoms with van der Waals surface area (Å²) in [5.74, 6) is 1.11. The molecule has 0 amide bonds. The Bertz CT molecular complexity index is 477. The van der Waals surface area contributed by atoms with Crippen molar-refractivity contribution in [3.8, 4) is 5.75 Å². The zero-order valence-corrected chi connectivity index (χ0v) is 13.0. The molecule has 1 atom stereocenters. The van der Waals surface area contributed by atoms with Crippen LogP contribution in [0.25, 0.3) is 0 Å². The third kappa shape index (κ3) is 6.91. The first-order valence-electron chi connectivity index (χ1n) is 7.03. The number of aryl methyl sites for hydroxylation is 1. The monoisotopic (exact) mass is 300 g/mol. The van der Waals surface area contributed by atoms with Crippen LogP contribution in [0.2, 0.25) is 0 Å². The minimum Gasteiger partial charge on any atom is -0.494 e. The Morgan fingerprint density at radius 2 is 1.90 bits per heavy atom. The Morgan fingerprint density at radius 1 is 1.25 bits per heavy atom. The van der Waals surface area contributed by atoms with E-state index in [1.807, 2.05) is 24.3 Å². The van der Waals surface area contributed by atoms with Crippen LogP contribution in [0, 0.1) is 0 Å². The maximum absolute atomic E-state index is 11.3. The second kappa shape index (κ2) is 8.27. The summed E-state index contributed by atoms with van der Waals surface area (Å²) in [4.78, 5) is 0. The van der Waals surface area contributed by atoms with Crippen molar-refractivity contribution in [2.24, 2.45) is 0 Å². The van der Waals surface area contributed by atoms with Crippen LogP contribution in [0.1, 0.15) is 32.3 Å². The van der Waals surface area contributed by atoms with Crippen molar-refractivity contribution in [1.29, 1.82) is 0 Å². The molecule has 0 heterocycles. The van der Waals surface area contributed by atoms with Gasteiger partial charge in [0.05, 0.1) is 18.5 Å². The summed E-state index contributed by atoms with van der Waals surface area (Å²) in [6.45, 7) is 3.84. The number of sulfone groups is 1. The first-order valence-corrected chi connectivity index (χ1v) is 8.85. The fourth-order valence-electron chi connectivity index (χ4n) is 1.74. The van der Waals surface area contributed by atoms with E-state index in [1.165, 1.54) is 0 Å². The van der Waals surface area contributed by atoms with Crippen molar-refractivity contribution in [3.05, 3.63) is 29.8 Å². The lowest BCUT2D eigenvalue weighted by atomic mass is 10.1. The minimum absolute atomic E-state index is 0.177. The van der Waals surface area contributed by atoms with Crippen molar-refractivity contribution in [3.63, 3.8) is 0 Å². The largest absolute Gasteiger partial charge is 0.494 e. The lowest BCUT2D eigenvalue weighted by molar-refractivity contribution is 0.185. The van der Waals surface area contributed by atoms with Crippen molar-refractivity contribution < 1.29 is 18.3 Å². The Hall–Kier alpha value is -1.07. The van der Waals surface area contributed by atoms with E-state index < -0.39 is 9.84 Å². The van der Waals surface area contributed by atoms with Gasteiger partial charge in [-0.1, -0.05) is 19.1 Å². The second-order valence-corrected chi connectivity index (χ2v) is 7.44. The van der Waals surface area contributed by atoms with Crippen LogP contribution in [0.15, 0.2) is 24.3 Å². The van der Waals surface area contributed by atoms with Crippen molar-refractivity contribution in [1.82, 2.24) is 0 Å². The van der Waals surface area contributed by atoms with Gasteiger partial charge in [-0.05, 0) is 43.9 Å². The highest BCUT2D eigenvalue weighted by Crippen LogP contribution is 2.14. The molecule has 0 aromatic heterocycles. The topological polar surface area (TPSA) is 63.6 Å². The number of aliphatic hydroxyl groups excluding tert-OH is 1. The summed E-state index contributed by atoms with van der Waals surface area (Å²) in [7, 11) is -2.90. The van der Waals surface area contributed by atoms with E-state index in [1.54, 1.807) is 13.8 Å². The van der Waals surface area contributed by atoms with E-state index >= 15 is 0 Å². The van der Waals surface area contributed by atoms with Crippen LogP contribution >= 0.6 is 0 Å². The first-order chi connectivity index (χ1) is 9.43. The summed E-state index contributed by atoms with van der Waals surface area (Å²) in [6.07, 6.45) is 1.81. The molecule has 0 spiro atoms. The van der Waals surface area contributed by atoms with Gasteiger partial charge in [-0.15, -0.1) is 0 Å². The van der Waals surface area contributed by atoms with Crippen LogP contribution in [0.5, 0.6) is 5.75 Å². The molecule has 1 aromatic rings. The highest BCUT2D eigenvalue weighted by molar-refractivity contribution is 7.91. The van der Waals surface area contributed by atoms with Gasteiger partial charge in [0.25, 0.3) is 0 Å². The molecule has 1 N–H and O–H groups in total. The zero-order chi connectivity index (χ0) is 15.0. The second-order valence-electron chi connectivity index (χ2n) is 4.97. The molecule has 0 bridgehead atoms. The number of hydrogen-bond donors (Lipinski definition) is 1. The van der Waals surface area contributed by atoms with Crippen LogP contribution in [-0.4, -0.2) is 37.7 Å². The maximum Gasteiger partial charge on any atom is 0.150 e. The van der Waals surface area contributed by atoms with Gasteiger partial charge < -0.3 is 9.84 Å². The zero-order valence-electron chi connectivity index (χ0n) is 12.2. The first kappa shape index (κ1) is 17.0. The molecule has 0 saturated heterocycles. The van der Waals surface area contributed by atoms with Gasteiger partial charge in [0.2, 0.25) is 0 Å². The lowest BCUT2D eigenvalue weighted by Crippen LogP contribution is -2.11. The SMILES string of the molecule is CCS(=O)(=O)CCCOc1ccc(CCC(C)O)cc1. The molecular formula is C15H24O4S. The molecule has 5 heteroatoms. The maximum atomic E-state index is 11.3. The van der Waals surface area contributed by atoms with E-state index in [9.17, 15) is 13.5 Å². The standard InChI is InChI=1S/C15H24O4S/c1-3-20(17,18)12-4-11-19-15-9-7-14(8-10-15)6-5-13(2)16/h7-10,13,16H,3-6,11-12H2,1-2H3. The Balaban J connectivity index is 2.31. The van der Waals surface area contributed by atoms with Gasteiger partial charge in [0.15, 0.2) is 0 Å². The van der Waals surface area contributed by atoms with E-state index in [-0.39, 0.29) is 17.6 Å². The Labute approximate surface area is 121 Å². The molecule has 1 unspecified atom stereocenters. The molecule has 0 radical (unpaired) electrons. The number of aliphatic hydroxyl groups is 1. The summed E-state index contributed by atoms with van der Waals surface area (Å²) < 4.78 is 28.1. The van der Waals surface area contributed by atoms with Crippen molar-refractivity contribution in [2.75, 3.05) is 18.1 Å². The molecule has 1 aromatic carbocycles. The highest BCUT2D eigenvalue weighted by atomic mass is 32.2. The van der Waals surface area contributed by atoms with Crippen LogP contribution in [0.4, 0.5) is 0 Å². The molecule has 0 saturated carbocycles. The van der Waals surface area contributed by atoms with Crippen molar-refractivity contribution >= 4 is 9.84 Å². The lowest BCUT2D eigenvalue weighted by Gasteiger charge is -2.08. The molecule has 1 rings (SSSR count). The van der Waals surface area contributed by atoms with Crippen molar-refractivity contribution in [2.45, 2.75) is 39.2 Å². The molecule has 4 nitrogen and oxygen atoms in total. The molecule has 0 aliphatic rings. The van der Waals surface area contributed by atoms with Gasteiger partial charge >= 0.3 is 0 Å². The summed E-state index contributed by atoms with van der Waals surface area (Å²) >= 11 is 0. The smallest absolute Gasteiger partial charge is 0.150 e. The van der Waals surface area contributed by atoms with E-state index in [0.717, 1.165) is 24.2 Å². The number of benzene rings is 1. The molecule has 0 aliphatic carbocycles. The summed E-state index contributed by atoms with van der Waals surface area (Å²) in [5.41, 5.74) is 1.16. The number of ether oxygens (including phenoxy) is 1. The Morgan fingerprint density at radius 3 is 2.45 bits per heavy atom. The van der Waals surface area contributed by atoms with Gasteiger partial charge in [-0.2, -0.15) is 0 Å². The van der Waals surface area contributed by atoms with Crippen LogP contribution < -0.4 is 4.74 Å². The average molecular weight is 300 g/mol. The predicted molar refractivity (Wildman–Crippen MR) is 80.9 cm³/mol. The highest BCUT2D eigenvalue weighted by Gasteiger charge is 2.06. The van der Waals surface area contributed by atoms with Gasteiger partial charge in [0.1, 0.15) is 15.6 Å². The normalized spacial score (nSPS) is 13.2. The Kier molecular flexibility index (Phi) is 7.02. The summed E-state index contributed by atoms with van der Waals surface area (Å²) in [5, 5.41) is 9.22. The third-order valence-corrected chi connectivity index (χ3v) is 4.87. The van der Waals surface area contributed by atoms with Gasteiger partial charge in [-0.3, -0.25) is 0 Å². The minimum atomic E-state index is -2.90. The fourth-order valence-corrected chi connectivity index (χ4v) is 2.59. The van der Waals surface area contributed by atoms with Crippen LogP contribution in [-0.2, 0) is 16.3 Å². The molecule has 114 valence electrons. The van der Waals surface area contributed by atoms with E-state index in [2.05, 4.69) is 0 Å². The quantitative estimate of drug-likeness (QED) is 0.710. The third-order valence-electron chi connectivity index (χ3n) is 3.08. The molecule has 20 heavy (non-hydrogen) atoms. The van der Waals surface area contributed by atoms with E-state index in [0.29, 0.717) is 13.0 Å². The number of hydrogen-bond acceptors (Lipinski definition) is 4. The fraction of sp³-hybridized carbons (Fsp3) is 0.600. The molecular weight excluding hydrogens is 276 g/mol. The number of rotatable bonds is 9. The predicted octanol–water partition coefficient (Wildman–Crippen LogP) is 2.20.